The number of rotatable bonds is 7. The van der Waals surface area contributed by atoms with Gasteiger partial charge in [-0.05, 0) is 30.3 Å². The van der Waals surface area contributed by atoms with Gasteiger partial charge in [0.2, 0.25) is 15.9 Å². The van der Waals surface area contributed by atoms with Crippen LogP contribution in [0.15, 0.2) is 47.4 Å². The van der Waals surface area contributed by atoms with E-state index in [0.717, 1.165) is 16.2 Å². The maximum atomic E-state index is 12.7. The van der Waals surface area contributed by atoms with E-state index in [1.165, 1.54) is 16.4 Å². The molecule has 0 saturated carbocycles. The van der Waals surface area contributed by atoms with Crippen LogP contribution in [-0.4, -0.2) is 60.0 Å². The van der Waals surface area contributed by atoms with Gasteiger partial charge in [0, 0.05) is 13.1 Å². The van der Waals surface area contributed by atoms with Gasteiger partial charge < -0.3 is 5.32 Å². The number of aromatic nitrogens is 1. The quantitative estimate of drug-likeness (QED) is 0.528. The van der Waals surface area contributed by atoms with Crippen LogP contribution in [0.5, 0.6) is 0 Å². The highest BCUT2D eigenvalue weighted by Crippen LogP contribution is 2.29. The Morgan fingerprint density at radius 3 is 2.28 bits per heavy atom. The smallest absolute Gasteiger partial charge is 0.262 e. The molecule has 1 aliphatic heterocycles. The number of fused-ring (bicyclic) bond motifs is 2. The highest BCUT2D eigenvalue weighted by atomic mass is 32.2. The molecule has 166 valence electrons. The summed E-state index contributed by atoms with van der Waals surface area (Å²) in [6, 6.07) is 11.0. The largest absolute Gasteiger partial charge is 0.300 e. The third-order valence-electron chi connectivity index (χ3n) is 5.13. The normalized spacial score (nSPS) is 13.8. The summed E-state index contributed by atoms with van der Waals surface area (Å²) in [4.78, 5) is 42.7. The molecule has 0 spiro atoms. The topological polar surface area (TPSA) is 117 Å². The van der Waals surface area contributed by atoms with Gasteiger partial charge in [-0.15, -0.1) is 0 Å². The average molecular weight is 473 g/mol. The van der Waals surface area contributed by atoms with Crippen molar-refractivity contribution in [2.24, 2.45) is 0 Å². The fourth-order valence-electron chi connectivity index (χ4n) is 3.52. The standard InChI is InChI=1S/C21H20N4O5S2/c1-3-24(4-2)32(29,30)13-9-10-16-17(11-13)31-21(22-16)23-18(26)12-25-19(27)14-7-5-6-8-15(14)20(25)28/h5-11H,3-4,12H2,1-2H3,(H,22,23,26). The SMILES string of the molecule is CCN(CC)S(=O)(=O)c1ccc2nc(NC(=O)CN3C(=O)c4ccccc4C3=O)sc2c1. The van der Waals surface area contributed by atoms with Crippen molar-refractivity contribution in [1.82, 2.24) is 14.2 Å². The fourth-order valence-corrected chi connectivity index (χ4v) is 6.00. The van der Waals surface area contributed by atoms with Gasteiger partial charge in [-0.25, -0.2) is 13.4 Å². The first kappa shape index (κ1) is 22.1. The summed E-state index contributed by atoms with van der Waals surface area (Å²) in [5.74, 6) is -1.61. The van der Waals surface area contributed by atoms with Crippen LogP contribution in [0.4, 0.5) is 5.13 Å². The molecule has 0 saturated heterocycles. The Labute approximate surface area is 188 Å². The number of imide groups is 1. The van der Waals surface area contributed by atoms with Crippen molar-refractivity contribution in [3.63, 3.8) is 0 Å². The molecule has 0 fully saturated rings. The number of nitrogens with zero attached hydrogens (tertiary/aromatic N) is 3. The van der Waals surface area contributed by atoms with Gasteiger partial charge >= 0.3 is 0 Å². The van der Waals surface area contributed by atoms with E-state index >= 15 is 0 Å². The van der Waals surface area contributed by atoms with Crippen molar-refractivity contribution in [1.29, 1.82) is 0 Å². The van der Waals surface area contributed by atoms with Gasteiger partial charge in [0.05, 0.1) is 26.2 Å². The number of hydrogen-bond acceptors (Lipinski definition) is 7. The average Bonchev–Trinajstić information content (AvgIpc) is 3.28. The van der Waals surface area contributed by atoms with E-state index in [0.29, 0.717) is 23.3 Å². The summed E-state index contributed by atoms with van der Waals surface area (Å²) in [5, 5.41) is 2.84. The second-order valence-electron chi connectivity index (χ2n) is 7.03. The molecule has 0 aliphatic carbocycles. The Morgan fingerprint density at radius 2 is 1.69 bits per heavy atom. The second-order valence-corrected chi connectivity index (χ2v) is 10.00. The molecule has 11 heteroatoms. The number of amides is 3. The van der Waals surface area contributed by atoms with E-state index in [1.807, 2.05) is 0 Å². The third kappa shape index (κ3) is 3.78. The Bertz CT molecular complexity index is 1310. The lowest BCUT2D eigenvalue weighted by Crippen LogP contribution is -2.37. The van der Waals surface area contributed by atoms with Crippen molar-refractivity contribution >= 4 is 54.4 Å². The van der Waals surface area contributed by atoms with Crippen molar-refractivity contribution < 1.29 is 22.8 Å². The first-order valence-corrected chi connectivity index (χ1v) is 12.2. The monoisotopic (exact) mass is 472 g/mol. The number of nitrogens with one attached hydrogen (secondary N) is 1. The van der Waals surface area contributed by atoms with E-state index in [1.54, 1.807) is 44.2 Å². The van der Waals surface area contributed by atoms with Gasteiger partial charge in [0.1, 0.15) is 6.54 Å². The number of thiazole rings is 1. The zero-order valence-corrected chi connectivity index (χ0v) is 19.0. The van der Waals surface area contributed by atoms with Crippen molar-refractivity contribution in [3.05, 3.63) is 53.6 Å². The molecule has 32 heavy (non-hydrogen) atoms. The Hall–Kier alpha value is -3.15. The number of sulfonamides is 1. The maximum absolute atomic E-state index is 12.7. The molecule has 3 amide bonds. The van der Waals surface area contributed by atoms with E-state index < -0.39 is 34.3 Å². The highest BCUT2D eigenvalue weighted by molar-refractivity contribution is 7.89. The minimum atomic E-state index is -3.62. The summed E-state index contributed by atoms with van der Waals surface area (Å²) in [6.07, 6.45) is 0. The zero-order valence-electron chi connectivity index (χ0n) is 17.4. The molecule has 0 unspecified atom stereocenters. The minimum Gasteiger partial charge on any atom is -0.300 e. The predicted molar refractivity (Wildman–Crippen MR) is 120 cm³/mol. The van der Waals surface area contributed by atoms with E-state index in [-0.39, 0.29) is 21.2 Å². The third-order valence-corrected chi connectivity index (χ3v) is 8.11. The molecular formula is C21H20N4O5S2. The van der Waals surface area contributed by atoms with Crippen LogP contribution < -0.4 is 5.32 Å². The molecule has 1 N–H and O–H groups in total. The zero-order chi connectivity index (χ0) is 23.0. The molecule has 4 rings (SSSR count). The van der Waals surface area contributed by atoms with Crippen LogP contribution >= 0.6 is 11.3 Å². The van der Waals surface area contributed by atoms with Crippen molar-refractivity contribution in [2.75, 3.05) is 25.0 Å². The van der Waals surface area contributed by atoms with Gasteiger partial charge in [0.15, 0.2) is 5.13 Å². The molecule has 1 aromatic heterocycles. The van der Waals surface area contributed by atoms with Crippen LogP contribution in [0.2, 0.25) is 0 Å². The number of benzene rings is 2. The Morgan fingerprint density at radius 1 is 1.06 bits per heavy atom. The molecule has 9 nitrogen and oxygen atoms in total. The summed E-state index contributed by atoms with van der Waals surface area (Å²) in [7, 11) is -3.62. The van der Waals surface area contributed by atoms with Crippen LogP contribution in [0, 0.1) is 0 Å². The molecule has 3 aromatic rings. The van der Waals surface area contributed by atoms with Gasteiger partial charge in [-0.2, -0.15) is 4.31 Å². The predicted octanol–water partition coefficient (Wildman–Crippen LogP) is 2.56. The molecular weight excluding hydrogens is 452 g/mol. The van der Waals surface area contributed by atoms with Crippen molar-refractivity contribution in [3.8, 4) is 0 Å². The lowest BCUT2D eigenvalue weighted by atomic mass is 10.1. The van der Waals surface area contributed by atoms with E-state index in [2.05, 4.69) is 10.3 Å². The number of anilines is 1. The Balaban J connectivity index is 1.51. The Kier molecular flexibility index (Phi) is 5.80. The van der Waals surface area contributed by atoms with E-state index in [9.17, 15) is 22.8 Å². The minimum absolute atomic E-state index is 0.154. The molecule has 2 heterocycles. The molecule has 0 atom stereocenters. The number of carbonyl (C=O) groups excluding carboxylic acids is 3. The van der Waals surface area contributed by atoms with Crippen molar-refractivity contribution in [2.45, 2.75) is 18.7 Å². The fraction of sp³-hybridized carbons (Fsp3) is 0.238. The number of hydrogen-bond donors (Lipinski definition) is 1. The van der Waals surface area contributed by atoms with Crippen LogP contribution in [0.1, 0.15) is 34.6 Å². The lowest BCUT2D eigenvalue weighted by Gasteiger charge is -2.18. The van der Waals surface area contributed by atoms with Crippen LogP contribution in [0.3, 0.4) is 0 Å². The van der Waals surface area contributed by atoms with Gasteiger partial charge in [-0.3, -0.25) is 19.3 Å². The van der Waals surface area contributed by atoms with Crippen LogP contribution in [-0.2, 0) is 14.8 Å². The van der Waals surface area contributed by atoms with E-state index in [4.69, 9.17) is 0 Å². The lowest BCUT2D eigenvalue weighted by molar-refractivity contribution is -0.116. The second kappa shape index (κ2) is 8.41. The van der Waals surface area contributed by atoms with Gasteiger partial charge in [0.25, 0.3) is 11.8 Å². The molecule has 1 aliphatic rings. The summed E-state index contributed by atoms with van der Waals surface area (Å²) >= 11 is 1.12. The highest BCUT2D eigenvalue weighted by Gasteiger charge is 2.36. The number of carbonyl (C=O) groups is 3. The first-order chi connectivity index (χ1) is 15.3. The van der Waals surface area contributed by atoms with Crippen LogP contribution in [0.25, 0.3) is 10.2 Å². The summed E-state index contributed by atoms with van der Waals surface area (Å²) in [6.45, 7) is 3.82. The summed E-state index contributed by atoms with van der Waals surface area (Å²) in [5.41, 5.74) is 1.07. The van der Waals surface area contributed by atoms with Gasteiger partial charge in [-0.1, -0.05) is 37.3 Å². The molecule has 0 bridgehead atoms. The summed E-state index contributed by atoms with van der Waals surface area (Å²) < 4.78 is 27.4. The first-order valence-electron chi connectivity index (χ1n) is 9.92. The molecule has 2 aromatic carbocycles. The maximum Gasteiger partial charge on any atom is 0.262 e. The molecule has 0 radical (unpaired) electrons.